The lowest BCUT2D eigenvalue weighted by atomic mass is 10.0. The first kappa shape index (κ1) is 14.8. The van der Waals surface area contributed by atoms with Gasteiger partial charge in [0.25, 0.3) is 7.37 Å². The van der Waals surface area contributed by atoms with Gasteiger partial charge in [-0.1, -0.05) is 66.2 Å². The molecule has 2 nitrogen and oxygen atoms in total. The summed E-state index contributed by atoms with van der Waals surface area (Å²) < 4.78 is 13.1. The second-order valence-electron chi connectivity index (χ2n) is 5.30. The molecule has 0 aromatic heterocycles. The molecule has 0 aliphatic heterocycles. The molecule has 0 aliphatic carbocycles. The Kier molecular flexibility index (Phi) is 3.98. The highest BCUT2D eigenvalue weighted by Crippen LogP contribution is 2.41. The average Bonchev–Trinajstić information content (AvgIpc) is 2.56. The van der Waals surface area contributed by atoms with Gasteiger partial charge in [-0.2, -0.15) is 0 Å². The van der Waals surface area contributed by atoms with E-state index in [2.05, 4.69) is 0 Å². The van der Waals surface area contributed by atoms with E-state index < -0.39 is 7.37 Å². The minimum atomic E-state index is -3.62. The second-order valence-corrected chi connectivity index (χ2v) is 7.45. The second kappa shape index (κ2) is 5.92. The van der Waals surface area contributed by atoms with Crippen molar-refractivity contribution >= 4 is 18.0 Å². The van der Waals surface area contributed by atoms with Crippen LogP contribution in [-0.4, -0.2) is 4.89 Å². The van der Waals surface area contributed by atoms with Crippen LogP contribution >= 0.6 is 7.37 Å². The van der Waals surface area contributed by atoms with Crippen LogP contribution in [0.1, 0.15) is 5.56 Å². The van der Waals surface area contributed by atoms with Crippen molar-refractivity contribution in [3.63, 3.8) is 0 Å². The van der Waals surface area contributed by atoms with Gasteiger partial charge in [-0.15, -0.1) is 0 Å². The molecule has 110 valence electrons. The summed E-state index contributed by atoms with van der Waals surface area (Å²) in [6.07, 6.45) is 0. The summed E-state index contributed by atoms with van der Waals surface area (Å²) >= 11 is 0. The topological polar surface area (TPSA) is 37.3 Å². The SMILES string of the molecule is Cc1cccc(-c2ccccc2P(=O)(O)c2ccccc2)c1. The summed E-state index contributed by atoms with van der Waals surface area (Å²) in [5.41, 5.74) is 2.89. The van der Waals surface area contributed by atoms with E-state index in [9.17, 15) is 9.46 Å². The molecule has 0 saturated carbocycles. The van der Waals surface area contributed by atoms with Gasteiger partial charge in [0.05, 0.1) is 0 Å². The maximum Gasteiger partial charge on any atom is 0.259 e. The number of benzene rings is 3. The van der Waals surface area contributed by atoms with Gasteiger partial charge in [0.2, 0.25) is 0 Å². The fraction of sp³-hybridized carbons (Fsp3) is 0.0526. The van der Waals surface area contributed by atoms with Crippen LogP contribution in [0.2, 0.25) is 0 Å². The Bertz CT molecular complexity index is 841. The largest absolute Gasteiger partial charge is 0.338 e. The molecule has 0 spiro atoms. The molecule has 0 aliphatic rings. The summed E-state index contributed by atoms with van der Waals surface area (Å²) in [6.45, 7) is 2.02. The molecule has 0 amide bonds. The molecule has 0 bridgehead atoms. The summed E-state index contributed by atoms with van der Waals surface area (Å²) in [5.74, 6) is 0. The summed E-state index contributed by atoms with van der Waals surface area (Å²) in [4.78, 5) is 10.7. The predicted molar refractivity (Wildman–Crippen MR) is 92.2 cm³/mol. The van der Waals surface area contributed by atoms with E-state index in [1.54, 1.807) is 36.4 Å². The first-order valence-electron chi connectivity index (χ1n) is 7.14. The van der Waals surface area contributed by atoms with Crippen LogP contribution in [0, 0.1) is 6.92 Å². The monoisotopic (exact) mass is 308 g/mol. The quantitative estimate of drug-likeness (QED) is 0.746. The van der Waals surface area contributed by atoms with E-state index in [0.717, 1.165) is 16.7 Å². The highest BCUT2D eigenvalue weighted by Gasteiger charge is 2.26. The van der Waals surface area contributed by atoms with Crippen molar-refractivity contribution in [2.45, 2.75) is 6.92 Å². The van der Waals surface area contributed by atoms with Crippen molar-refractivity contribution in [1.29, 1.82) is 0 Å². The zero-order valence-corrected chi connectivity index (χ0v) is 13.2. The Hall–Kier alpha value is -2.15. The first-order chi connectivity index (χ1) is 10.6. The van der Waals surface area contributed by atoms with Crippen molar-refractivity contribution in [2.24, 2.45) is 0 Å². The molecule has 1 N–H and O–H groups in total. The summed E-state index contributed by atoms with van der Waals surface area (Å²) in [5, 5.41) is 0.932. The van der Waals surface area contributed by atoms with Crippen LogP contribution in [0.5, 0.6) is 0 Å². The fourth-order valence-electron chi connectivity index (χ4n) is 2.56. The van der Waals surface area contributed by atoms with E-state index in [1.807, 2.05) is 49.4 Å². The zero-order chi connectivity index (χ0) is 15.6. The summed E-state index contributed by atoms with van der Waals surface area (Å²) in [6, 6.07) is 24.1. The average molecular weight is 308 g/mol. The van der Waals surface area contributed by atoms with Crippen LogP contribution in [-0.2, 0) is 4.57 Å². The van der Waals surface area contributed by atoms with Crippen molar-refractivity contribution in [2.75, 3.05) is 0 Å². The molecule has 0 heterocycles. The highest BCUT2D eigenvalue weighted by atomic mass is 31.2. The standard InChI is InChI=1S/C19H17O2P/c1-15-8-7-9-16(14-15)18-12-5-6-13-19(18)22(20,21)17-10-3-2-4-11-17/h2-14H,1H3,(H,20,21). The van der Waals surface area contributed by atoms with Crippen LogP contribution in [0.3, 0.4) is 0 Å². The highest BCUT2D eigenvalue weighted by molar-refractivity contribution is 7.73. The van der Waals surface area contributed by atoms with E-state index in [-0.39, 0.29) is 0 Å². The maximum atomic E-state index is 13.1. The van der Waals surface area contributed by atoms with Gasteiger partial charge in [-0.3, -0.25) is 4.57 Å². The molecule has 1 unspecified atom stereocenters. The molecule has 22 heavy (non-hydrogen) atoms. The van der Waals surface area contributed by atoms with Gasteiger partial charge in [-0.25, -0.2) is 0 Å². The third-order valence-corrected chi connectivity index (χ3v) is 5.71. The molecule has 3 rings (SSSR count). The molecule has 0 radical (unpaired) electrons. The zero-order valence-electron chi connectivity index (χ0n) is 12.3. The van der Waals surface area contributed by atoms with E-state index in [1.165, 1.54) is 0 Å². The van der Waals surface area contributed by atoms with E-state index >= 15 is 0 Å². The number of rotatable bonds is 3. The third kappa shape index (κ3) is 2.76. The molecule has 3 aromatic rings. The van der Waals surface area contributed by atoms with Crippen LogP contribution in [0.4, 0.5) is 0 Å². The van der Waals surface area contributed by atoms with Gasteiger partial charge in [0.15, 0.2) is 0 Å². The van der Waals surface area contributed by atoms with Gasteiger partial charge >= 0.3 is 0 Å². The van der Waals surface area contributed by atoms with Crippen molar-refractivity contribution < 1.29 is 9.46 Å². The maximum absolute atomic E-state index is 13.1. The van der Waals surface area contributed by atoms with Crippen molar-refractivity contribution in [1.82, 2.24) is 0 Å². The van der Waals surface area contributed by atoms with Gasteiger partial charge < -0.3 is 4.89 Å². The van der Waals surface area contributed by atoms with Crippen LogP contribution in [0.25, 0.3) is 11.1 Å². The van der Waals surface area contributed by atoms with Crippen molar-refractivity contribution in [3.8, 4) is 11.1 Å². The Morgan fingerprint density at radius 3 is 2.23 bits per heavy atom. The number of hydrogen-bond donors (Lipinski definition) is 1. The molecule has 0 fully saturated rings. The molecular weight excluding hydrogens is 291 g/mol. The lowest BCUT2D eigenvalue weighted by Crippen LogP contribution is -2.17. The van der Waals surface area contributed by atoms with E-state index in [0.29, 0.717) is 10.6 Å². The lowest BCUT2D eigenvalue weighted by molar-refractivity contribution is 0.501. The normalized spacial score (nSPS) is 13.5. The van der Waals surface area contributed by atoms with Gasteiger partial charge in [0.1, 0.15) is 0 Å². The molecular formula is C19H17O2P. The minimum absolute atomic E-state index is 0.454. The van der Waals surface area contributed by atoms with Gasteiger partial charge in [-0.05, 0) is 36.2 Å². The Morgan fingerprint density at radius 1 is 0.818 bits per heavy atom. The van der Waals surface area contributed by atoms with Crippen molar-refractivity contribution in [3.05, 3.63) is 84.4 Å². The Morgan fingerprint density at radius 2 is 1.50 bits per heavy atom. The third-order valence-electron chi connectivity index (χ3n) is 3.67. The first-order valence-corrected chi connectivity index (χ1v) is 8.80. The number of hydrogen-bond acceptors (Lipinski definition) is 1. The van der Waals surface area contributed by atoms with E-state index in [4.69, 9.17) is 0 Å². The number of aryl methyl sites for hydroxylation is 1. The summed E-state index contributed by atoms with van der Waals surface area (Å²) in [7, 11) is -3.62. The van der Waals surface area contributed by atoms with Crippen LogP contribution < -0.4 is 10.6 Å². The Balaban J connectivity index is 2.19. The molecule has 3 aromatic carbocycles. The predicted octanol–water partition coefficient (Wildman–Crippen LogP) is 3.88. The smallest absolute Gasteiger partial charge is 0.259 e. The minimum Gasteiger partial charge on any atom is -0.338 e. The molecule has 3 heteroatoms. The lowest BCUT2D eigenvalue weighted by Gasteiger charge is -2.16. The molecule has 0 saturated heterocycles. The Labute approximate surface area is 130 Å². The van der Waals surface area contributed by atoms with Crippen LogP contribution in [0.15, 0.2) is 78.9 Å². The fourth-order valence-corrected chi connectivity index (χ4v) is 4.24. The van der Waals surface area contributed by atoms with Gasteiger partial charge in [0, 0.05) is 10.6 Å². The molecule has 1 atom stereocenters.